The summed E-state index contributed by atoms with van der Waals surface area (Å²) in [6, 6.07) is 9.48. The number of benzene rings is 1. The van der Waals surface area contributed by atoms with E-state index in [-0.39, 0.29) is 16.8 Å². The van der Waals surface area contributed by atoms with Gasteiger partial charge in [0.25, 0.3) is 10.1 Å². The summed E-state index contributed by atoms with van der Waals surface area (Å²) in [4.78, 5) is 11.8. The molecule has 0 saturated carbocycles. The lowest BCUT2D eigenvalue weighted by molar-refractivity contribution is -0.113. The minimum Gasteiger partial charge on any atom is -0.294 e. The molecule has 2 atom stereocenters. The fraction of sp³-hybridized carbons (Fsp3) is 0.357. The summed E-state index contributed by atoms with van der Waals surface area (Å²) in [5, 5.41) is -0.307. The third-order valence-corrected chi connectivity index (χ3v) is 7.88. The van der Waals surface area contributed by atoms with Crippen LogP contribution in [-0.2, 0) is 21.3 Å². The number of carbonyl (C=O) groups is 1. The third kappa shape index (κ3) is 4.60. The highest BCUT2D eigenvalue weighted by Crippen LogP contribution is 2.51. The SMILES string of the molecule is C=CC(=O)C1CSC(Cc2ccccc2)(CS(=O)(=O)O)S1. The number of hydrogen-bond acceptors (Lipinski definition) is 5. The van der Waals surface area contributed by atoms with Crippen LogP contribution in [0.4, 0.5) is 0 Å². The van der Waals surface area contributed by atoms with E-state index in [4.69, 9.17) is 0 Å². The van der Waals surface area contributed by atoms with E-state index in [2.05, 4.69) is 6.58 Å². The molecule has 2 unspecified atom stereocenters. The van der Waals surface area contributed by atoms with Gasteiger partial charge in [-0.3, -0.25) is 9.35 Å². The van der Waals surface area contributed by atoms with E-state index in [1.165, 1.54) is 29.6 Å². The number of allylic oxidation sites excluding steroid dienone is 1. The fourth-order valence-corrected chi connectivity index (χ4v) is 7.56. The molecule has 0 bridgehead atoms. The number of hydrogen-bond donors (Lipinski definition) is 1. The van der Waals surface area contributed by atoms with Crippen LogP contribution in [0.3, 0.4) is 0 Å². The molecule has 4 nitrogen and oxygen atoms in total. The molecule has 0 spiro atoms. The molecule has 0 aliphatic carbocycles. The monoisotopic (exact) mass is 344 g/mol. The van der Waals surface area contributed by atoms with Gasteiger partial charge in [0.05, 0.1) is 15.1 Å². The Kier molecular flexibility index (Phi) is 5.19. The molecule has 1 saturated heterocycles. The highest BCUT2D eigenvalue weighted by molar-refractivity contribution is 8.22. The lowest BCUT2D eigenvalue weighted by Crippen LogP contribution is -2.31. The van der Waals surface area contributed by atoms with Crippen LogP contribution in [-0.4, -0.2) is 39.6 Å². The maximum absolute atomic E-state index is 11.8. The van der Waals surface area contributed by atoms with Crippen molar-refractivity contribution in [1.29, 1.82) is 0 Å². The molecule has 1 aromatic carbocycles. The van der Waals surface area contributed by atoms with E-state index in [0.29, 0.717) is 12.2 Å². The second-order valence-corrected chi connectivity index (χ2v) is 9.52. The molecule has 2 rings (SSSR count). The van der Waals surface area contributed by atoms with Gasteiger partial charge < -0.3 is 0 Å². The Morgan fingerprint density at radius 3 is 2.67 bits per heavy atom. The highest BCUT2D eigenvalue weighted by Gasteiger charge is 2.45. The van der Waals surface area contributed by atoms with Gasteiger partial charge in [-0.2, -0.15) is 8.42 Å². The van der Waals surface area contributed by atoms with Crippen molar-refractivity contribution in [3.8, 4) is 0 Å². The largest absolute Gasteiger partial charge is 0.294 e. The predicted octanol–water partition coefficient (Wildman–Crippen LogP) is 2.42. The minimum absolute atomic E-state index is 0.0993. The van der Waals surface area contributed by atoms with Gasteiger partial charge in [0, 0.05) is 5.75 Å². The van der Waals surface area contributed by atoms with Crippen molar-refractivity contribution >= 4 is 39.4 Å². The molecule has 0 amide bonds. The maximum Gasteiger partial charge on any atom is 0.267 e. The normalized spacial score (nSPS) is 25.7. The number of carbonyl (C=O) groups excluding carboxylic acids is 1. The molecule has 114 valence electrons. The lowest BCUT2D eigenvalue weighted by atomic mass is 10.1. The Hall–Kier alpha value is -0.760. The summed E-state index contributed by atoms with van der Waals surface area (Å²) in [6.07, 6.45) is 1.74. The van der Waals surface area contributed by atoms with Gasteiger partial charge in [-0.25, -0.2) is 0 Å². The van der Waals surface area contributed by atoms with Gasteiger partial charge >= 0.3 is 0 Å². The van der Waals surface area contributed by atoms with Crippen LogP contribution in [0.1, 0.15) is 5.56 Å². The molecule has 1 heterocycles. The summed E-state index contributed by atoms with van der Waals surface area (Å²) in [5.74, 6) is 0.0565. The topological polar surface area (TPSA) is 71.4 Å². The summed E-state index contributed by atoms with van der Waals surface area (Å²) < 4.78 is 31.2. The van der Waals surface area contributed by atoms with Gasteiger partial charge in [-0.05, 0) is 18.1 Å². The quantitative estimate of drug-likeness (QED) is 0.631. The molecule has 7 heteroatoms. The van der Waals surface area contributed by atoms with Gasteiger partial charge in [0.15, 0.2) is 5.78 Å². The van der Waals surface area contributed by atoms with Crippen molar-refractivity contribution in [1.82, 2.24) is 0 Å². The van der Waals surface area contributed by atoms with Crippen LogP contribution in [0.25, 0.3) is 0 Å². The molecule has 1 N–H and O–H groups in total. The molecular formula is C14H16O4S3. The van der Waals surface area contributed by atoms with Crippen LogP contribution in [0.15, 0.2) is 43.0 Å². The van der Waals surface area contributed by atoms with Crippen LogP contribution >= 0.6 is 23.5 Å². The standard InChI is InChI=1S/C14H16O4S3/c1-2-12(15)13-9-19-14(20-13,10-21(16,17)18)8-11-6-4-3-5-7-11/h2-7,13H,1,8-10H2,(H,16,17,18). The van der Waals surface area contributed by atoms with Crippen LogP contribution in [0.2, 0.25) is 0 Å². The highest BCUT2D eigenvalue weighted by atomic mass is 32.2. The second-order valence-electron chi connectivity index (χ2n) is 4.82. The van der Waals surface area contributed by atoms with Crippen molar-refractivity contribution in [3.63, 3.8) is 0 Å². The molecule has 1 aliphatic rings. The van der Waals surface area contributed by atoms with E-state index in [9.17, 15) is 17.8 Å². The summed E-state index contributed by atoms with van der Waals surface area (Å²) in [7, 11) is -4.12. The lowest BCUT2D eigenvalue weighted by Gasteiger charge is -2.26. The van der Waals surface area contributed by atoms with Gasteiger partial charge in [-0.15, -0.1) is 23.5 Å². The van der Waals surface area contributed by atoms with E-state index in [1.807, 2.05) is 30.3 Å². The van der Waals surface area contributed by atoms with Gasteiger partial charge in [-0.1, -0.05) is 36.9 Å². The molecule has 21 heavy (non-hydrogen) atoms. The molecule has 1 aromatic rings. The van der Waals surface area contributed by atoms with Crippen molar-refractivity contribution in [3.05, 3.63) is 48.6 Å². The van der Waals surface area contributed by atoms with Crippen LogP contribution in [0, 0.1) is 0 Å². The average Bonchev–Trinajstić information content (AvgIpc) is 2.80. The Labute approximate surface area is 133 Å². The first-order chi connectivity index (χ1) is 9.84. The van der Waals surface area contributed by atoms with E-state index in [0.717, 1.165) is 5.56 Å². The first-order valence-electron chi connectivity index (χ1n) is 6.31. The zero-order valence-electron chi connectivity index (χ0n) is 11.3. The zero-order chi connectivity index (χ0) is 15.5. The first kappa shape index (κ1) is 16.6. The maximum atomic E-state index is 11.8. The Balaban J connectivity index is 2.24. The van der Waals surface area contributed by atoms with Gasteiger partial charge in [0.1, 0.15) is 0 Å². The second kappa shape index (κ2) is 6.56. The number of thioether (sulfide) groups is 2. The smallest absolute Gasteiger partial charge is 0.267 e. The number of rotatable bonds is 6. The Morgan fingerprint density at radius 2 is 2.10 bits per heavy atom. The predicted molar refractivity (Wildman–Crippen MR) is 88.3 cm³/mol. The number of ketones is 1. The van der Waals surface area contributed by atoms with Gasteiger partial charge in [0.2, 0.25) is 0 Å². The Bertz CT molecular complexity index is 627. The average molecular weight is 344 g/mol. The third-order valence-electron chi connectivity index (χ3n) is 3.09. The van der Waals surface area contributed by atoms with Crippen molar-refractivity contribution in [2.45, 2.75) is 15.7 Å². The summed E-state index contributed by atoms with van der Waals surface area (Å²) >= 11 is 2.73. The van der Waals surface area contributed by atoms with Crippen LogP contribution in [0.5, 0.6) is 0 Å². The summed E-state index contributed by atoms with van der Waals surface area (Å²) in [5.41, 5.74) is 0.979. The molecule has 0 radical (unpaired) electrons. The molecule has 1 aliphatic heterocycles. The zero-order valence-corrected chi connectivity index (χ0v) is 13.7. The van der Waals surface area contributed by atoms with E-state index < -0.39 is 14.2 Å². The van der Waals surface area contributed by atoms with Crippen molar-refractivity contribution < 1.29 is 17.8 Å². The first-order valence-corrected chi connectivity index (χ1v) is 9.78. The fourth-order valence-electron chi connectivity index (χ4n) is 2.23. The van der Waals surface area contributed by atoms with Crippen molar-refractivity contribution in [2.24, 2.45) is 0 Å². The van der Waals surface area contributed by atoms with E-state index >= 15 is 0 Å². The van der Waals surface area contributed by atoms with Crippen LogP contribution < -0.4 is 0 Å². The molecule has 0 aromatic heterocycles. The van der Waals surface area contributed by atoms with Crippen molar-refractivity contribution in [2.75, 3.05) is 11.5 Å². The van der Waals surface area contributed by atoms with E-state index in [1.54, 1.807) is 0 Å². The minimum atomic E-state index is -4.12. The molecular weight excluding hydrogens is 328 g/mol. The Morgan fingerprint density at radius 1 is 1.43 bits per heavy atom. The molecule has 1 fully saturated rings. The summed E-state index contributed by atoms with van der Waals surface area (Å²) in [6.45, 7) is 3.47.